The largest absolute Gasteiger partial charge is 0.486 e. The molecule has 42 heavy (non-hydrogen) atoms. The Balaban J connectivity index is 1.17. The third kappa shape index (κ3) is 4.22. The Morgan fingerprint density at radius 2 is 1.86 bits per heavy atom. The van der Waals surface area contributed by atoms with Crippen molar-refractivity contribution in [3.05, 3.63) is 101 Å². The van der Waals surface area contributed by atoms with Crippen LogP contribution < -0.4 is 4.74 Å². The number of ether oxygens (including phenoxy) is 2. The minimum absolute atomic E-state index is 0.0316. The fraction of sp³-hybridized carbons (Fsp3) is 0.333. The van der Waals surface area contributed by atoms with Crippen LogP contribution in [0, 0.1) is 6.92 Å². The average Bonchev–Trinajstić information content (AvgIpc) is 3.78. The van der Waals surface area contributed by atoms with Crippen molar-refractivity contribution in [2.45, 2.75) is 56.1 Å². The van der Waals surface area contributed by atoms with Gasteiger partial charge in [0.2, 0.25) is 11.4 Å². The molecule has 0 bridgehead atoms. The quantitative estimate of drug-likeness (QED) is 0.314. The molecule has 6 atom stereocenters. The smallest absolute Gasteiger partial charge is 0.231 e. The Labute approximate surface area is 240 Å². The molecule has 3 aliphatic rings. The van der Waals surface area contributed by atoms with E-state index in [-0.39, 0.29) is 19.0 Å². The zero-order valence-electron chi connectivity index (χ0n) is 22.6. The number of carbonyl (C=O) groups is 1. The number of carbonyl (C=O) groups excluding carboxylic acids is 1. The molecule has 216 valence electrons. The maximum absolute atomic E-state index is 13.8. The standard InChI is InChI=1S/C30H29N5O7/c1-17-8-10-18(11-9-17)24-25(32-42-30(24)16-34-12-4-6-21(34)28(30)39)20-5-2-3-7-23(20)40-14-19-13-35(33-31-19)29-27(38)26(37)22(36)15-41-29/h2-13,22,24,26-27,29,36-38H,14-16H2,1H3/t22-,24?,26-,27+,29-,30?/m0/s1. The molecule has 3 aliphatic heterocycles. The SMILES string of the molecule is Cc1ccc(C2C(c3ccccc3OCc3cn([C@H]4OC[C@H](O)[C@H](O)[C@H]4O)nn3)=NOC23Cn2cccc2C3=O)cc1. The van der Waals surface area contributed by atoms with Gasteiger partial charge in [-0.25, -0.2) is 4.68 Å². The Kier molecular flexibility index (Phi) is 6.43. The van der Waals surface area contributed by atoms with Crippen molar-refractivity contribution >= 4 is 11.5 Å². The van der Waals surface area contributed by atoms with Crippen LogP contribution in [0.15, 0.2) is 78.2 Å². The number of hydrogen-bond donors (Lipinski definition) is 3. The third-order valence-electron chi connectivity index (χ3n) is 8.14. The van der Waals surface area contributed by atoms with E-state index in [1.165, 1.54) is 4.68 Å². The van der Waals surface area contributed by atoms with E-state index in [0.29, 0.717) is 35.0 Å². The predicted octanol–water partition coefficient (Wildman–Crippen LogP) is 1.73. The maximum Gasteiger partial charge on any atom is 0.231 e. The number of fused-ring (bicyclic) bond motifs is 1. The van der Waals surface area contributed by atoms with Gasteiger partial charge in [-0.15, -0.1) is 5.10 Å². The molecule has 0 saturated carbocycles. The second-order valence-electron chi connectivity index (χ2n) is 10.9. The zero-order chi connectivity index (χ0) is 29.0. The van der Waals surface area contributed by atoms with Crippen LogP contribution in [-0.2, 0) is 22.7 Å². The molecule has 2 aromatic carbocycles. The summed E-state index contributed by atoms with van der Waals surface area (Å²) >= 11 is 0. The number of aliphatic hydroxyl groups excluding tert-OH is 3. The van der Waals surface area contributed by atoms with Gasteiger partial charge in [-0.2, -0.15) is 0 Å². The number of Topliss-reactive ketones (excluding diaryl/α,β-unsaturated/α-hetero) is 1. The lowest BCUT2D eigenvalue weighted by atomic mass is 9.75. The van der Waals surface area contributed by atoms with E-state index in [0.717, 1.165) is 11.1 Å². The van der Waals surface area contributed by atoms with Gasteiger partial charge in [0.05, 0.1) is 31.0 Å². The number of benzene rings is 2. The summed E-state index contributed by atoms with van der Waals surface area (Å²) in [5, 5.41) is 42.7. The summed E-state index contributed by atoms with van der Waals surface area (Å²) in [5.74, 6) is -0.0828. The molecule has 0 amide bonds. The summed E-state index contributed by atoms with van der Waals surface area (Å²) in [5.41, 5.74) is 3.10. The molecule has 5 heterocycles. The van der Waals surface area contributed by atoms with E-state index in [9.17, 15) is 20.1 Å². The summed E-state index contributed by atoms with van der Waals surface area (Å²) in [6.45, 7) is 2.23. The van der Waals surface area contributed by atoms with Crippen LogP contribution in [0.2, 0.25) is 0 Å². The first-order valence-corrected chi connectivity index (χ1v) is 13.7. The highest BCUT2D eigenvalue weighted by Gasteiger charge is 2.60. The van der Waals surface area contributed by atoms with Crippen molar-refractivity contribution in [1.82, 2.24) is 19.6 Å². The van der Waals surface area contributed by atoms with Gasteiger partial charge in [0, 0.05) is 11.8 Å². The summed E-state index contributed by atoms with van der Waals surface area (Å²) in [6, 6.07) is 19.1. The van der Waals surface area contributed by atoms with Gasteiger partial charge < -0.3 is 34.2 Å². The zero-order valence-corrected chi connectivity index (χ0v) is 22.6. The summed E-state index contributed by atoms with van der Waals surface area (Å²) in [4.78, 5) is 19.9. The van der Waals surface area contributed by atoms with E-state index >= 15 is 0 Å². The lowest BCUT2D eigenvalue weighted by Crippen LogP contribution is -2.50. The van der Waals surface area contributed by atoms with Crippen LogP contribution in [0.3, 0.4) is 0 Å². The first kappa shape index (κ1) is 26.5. The summed E-state index contributed by atoms with van der Waals surface area (Å²) in [7, 11) is 0. The maximum atomic E-state index is 13.8. The molecule has 2 unspecified atom stereocenters. The molecular weight excluding hydrogens is 542 g/mol. The van der Waals surface area contributed by atoms with Gasteiger partial charge in [-0.1, -0.05) is 52.3 Å². The van der Waals surface area contributed by atoms with Crippen molar-refractivity contribution in [3.63, 3.8) is 0 Å². The van der Waals surface area contributed by atoms with Gasteiger partial charge >= 0.3 is 0 Å². The highest BCUT2D eigenvalue weighted by molar-refractivity contribution is 6.15. The van der Waals surface area contributed by atoms with Crippen molar-refractivity contribution in [2.75, 3.05) is 6.61 Å². The van der Waals surface area contributed by atoms with Crippen LogP contribution in [0.5, 0.6) is 5.75 Å². The van der Waals surface area contributed by atoms with E-state index in [2.05, 4.69) is 15.5 Å². The predicted molar refractivity (Wildman–Crippen MR) is 147 cm³/mol. The normalized spacial score (nSPS) is 28.5. The Morgan fingerprint density at radius 1 is 1.05 bits per heavy atom. The minimum atomic E-state index is -1.38. The van der Waals surface area contributed by atoms with Gasteiger partial charge in [-0.3, -0.25) is 4.79 Å². The second-order valence-corrected chi connectivity index (χ2v) is 10.9. The van der Waals surface area contributed by atoms with E-state index in [1.807, 2.05) is 72.3 Å². The van der Waals surface area contributed by atoms with E-state index in [1.54, 1.807) is 12.3 Å². The highest BCUT2D eigenvalue weighted by atomic mass is 16.7. The van der Waals surface area contributed by atoms with Gasteiger partial charge in [-0.05, 0) is 36.8 Å². The van der Waals surface area contributed by atoms with Crippen molar-refractivity contribution in [3.8, 4) is 5.75 Å². The van der Waals surface area contributed by atoms with Gasteiger partial charge in [0.25, 0.3) is 0 Å². The van der Waals surface area contributed by atoms with Crippen LogP contribution in [0.1, 0.15) is 45.0 Å². The molecular formula is C30H29N5O7. The van der Waals surface area contributed by atoms with Crippen molar-refractivity contribution < 1.29 is 34.4 Å². The molecule has 1 fully saturated rings. The van der Waals surface area contributed by atoms with Crippen LogP contribution >= 0.6 is 0 Å². The number of rotatable bonds is 6. The molecule has 12 heteroatoms. The first-order valence-electron chi connectivity index (χ1n) is 13.7. The fourth-order valence-corrected chi connectivity index (χ4v) is 5.92. The fourth-order valence-electron chi connectivity index (χ4n) is 5.92. The lowest BCUT2D eigenvalue weighted by Gasteiger charge is -2.34. The molecule has 4 aromatic rings. The molecule has 12 nitrogen and oxygen atoms in total. The average molecular weight is 572 g/mol. The summed E-state index contributed by atoms with van der Waals surface area (Å²) in [6.07, 6.45) is -1.51. The lowest BCUT2D eigenvalue weighted by molar-refractivity contribution is -0.214. The first-order chi connectivity index (χ1) is 20.4. The van der Waals surface area contributed by atoms with E-state index in [4.69, 9.17) is 14.3 Å². The van der Waals surface area contributed by atoms with Crippen molar-refractivity contribution in [2.24, 2.45) is 5.16 Å². The summed E-state index contributed by atoms with van der Waals surface area (Å²) < 4.78 is 14.8. The molecule has 1 spiro atoms. The Hall–Kier alpha value is -4.36. The number of aliphatic hydroxyl groups is 3. The highest BCUT2D eigenvalue weighted by Crippen LogP contribution is 2.47. The number of aryl methyl sites for hydroxylation is 1. The Morgan fingerprint density at radius 3 is 2.67 bits per heavy atom. The monoisotopic (exact) mass is 571 g/mol. The molecule has 2 aromatic heterocycles. The van der Waals surface area contributed by atoms with Gasteiger partial charge in [0.15, 0.2) is 6.23 Å². The van der Waals surface area contributed by atoms with Gasteiger partial charge in [0.1, 0.15) is 42.1 Å². The minimum Gasteiger partial charge on any atom is -0.486 e. The van der Waals surface area contributed by atoms with Crippen molar-refractivity contribution in [1.29, 1.82) is 0 Å². The molecule has 7 rings (SSSR count). The number of oxime groups is 1. The second kappa shape index (κ2) is 10.2. The topological polar surface area (TPSA) is 153 Å². The third-order valence-corrected chi connectivity index (χ3v) is 8.14. The van der Waals surface area contributed by atoms with Crippen LogP contribution in [0.4, 0.5) is 0 Å². The number of ketones is 1. The molecule has 0 aliphatic carbocycles. The molecule has 0 radical (unpaired) electrons. The Bertz CT molecular complexity index is 1660. The molecule has 3 N–H and O–H groups in total. The van der Waals surface area contributed by atoms with E-state index < -0.39 is 36.1 Å². The number of aromatic nitrogens is 4. The number of hydrogen-bond acceptors (Lipinski definition) is 10. The van der Waals surface area contributed by atoms with Crippen LogP contribution in [-0.4, -0.2) is 76.9 Å². The number of nitrogens with zero attached hydrogens (tertiary/aromatic N) is 5. The number of para-hydroxylation sites is 1. The van der Waals surface area contributed by atoms with Crippen LogP contribution in [0.25, 0.3) is 0 Å². The molecule has 1 saturated heterocycles.